The molecule has 3 nitrogen and oxygen atoms in total. The lowest BCUT2D eigenvalue weighted by Gasteiger charge is -2.22. The Morgan fingerprint density at radius 3 is 2.60 bits per heavy atom. The molecule has 2 unspecified atom stereocenters. The zero-order chi connectivity index (χ0) is 11.3. The van der Waals surface area contributed by atoms with Gasteiger partial charge in [-0.15, -0.1) is 0 Å². The lowest BCUT2D eigenvalue weighted by atomic mass is 10.0. The van der Waals surface area contributed by atoms with Crippen LogP contribution >= 0.6 is 0 Å². The maximum absolute atomic E-state index is 5.44. The number of rotatable bonds is 8. The minimum atomic E-state index is 0.0476. The lowest BCUT2D eigenvalue weighted by molar-refractivity contribution is 0.00969. The van der Waals surface area contributed by atoms with Crippen LogP contribution < -0.4 is 5.32 Å². The maximum atomic E-state index is 5.44. The molecule has 1 fully saturated rings. The number of hydrogen-bond donors (Lipinski definition) is 1. The number of nitrogens with one attached hydrogen (secondary N) is 1. The Hall–Kier alpha value is -0.120. The van der Waals surface area contributed by atoms with Gasteiger partial charge in [0.15, 0.2) is 0 Å². The molecule has 0 radical (unpaired) electrons. The van der Waals surface area contributed by atoms with Gasteiger partial charge >= 0.3 is 0 Å². The topological polar surface area (TPSA) is 30.5 Å². The van der Waals surface area contributed by atoms with E-state index in [9.17, 15) is 0 Å². The normalized spacial score (nSPS) is 25.6. The summed E-state index contributed by atoms with van der Waals surface area (Å²) in [4.78, 5) is 0. The molecule has 0 bridgehead atoms. The van der Waals surface area contributed by atoms with E-state index in [-0.39, 0.29) is 5.60 Å². The van der Waals surface area contributed by atoms with E-state index in [1.165, 1.54) is 12.8 Å². The van der Waals surface area contributed by atoms with Crippen LogP contribution in [-0.2, 0) is 9.47 Å². The fraction of sp³-hybridized carbons (Fsp3) is 1.00. The molecule has 1 aliphatic rings. The van der Waals surface area contributed by atoms with E-state index >= 15 is 0 Å². The molecule has 0 spiro atoms. The van der Waals surface area contributed by atoms with Crippen LogP contribution in [0.15, 0.2) is 0 Å². The van der Waals surface area contributed by atoms with Gasteiger partial charge in [0.05, 0.1) is 12.2 Å². The summed E-state index contributed by atoms with van der Waals surface area (Å²) in [7, 11) is 3.54. The van der Waals surface area contributed by atoms with E-state index in [4.69, 9.17) is 9.47 Å². The van der Waals surface area contributed by atoms with Crippen LogP contribution in [0.3, 0.4) is 0 Å². The SMILES string of the molecule is COCCNCC1CC1CC(C)(C)OC. The van der Waals surface area contributed by atoms with E-state index in [1.807, 2.05) is 0 Å². The first-order valence-corrected chi connectivity index (χ1v) is 5.84. The van der Waals surface area contributed by atoms with Crippen molar-refractivity contribution in [1.82, 2.24) is 5.32 Å². The van der Waals surface area contributed by atoms with Crippen LogP contribution in [0, 0.1) is 11.8 Å². The van der Waals surface area contributed by atoms with E-state index in [0.29, 0.717) is 0 Å². The number of hydrogen-bond acceptors (Lipinski definition) is 3. The standard InChI is InChI=1S/C12H25NO2/c1-12(2,15-4)8-10-7-11(10)9-13-5-6-14-3/h10-11,13H,5-9H2,1-4H3. The molecule has 15 heavy (non-hydrogen) atoms. The molecule has 3 heteroatoms. The molecule has 0 heterocycles. The zero-order valence-electron chi connectivity index (χ0n) is 10.5. The summed E-state index contributed by atoms with van der Waals surface area (Å²) in [6.07, 6.45) is 2.53. The molecule has 2 atom stereocenters. The first kappa shape index (κ1) is 12.9. The second kappa shape index (κ2) is 5.83. The van der Waals surface area contributed by atoms with Gasteiger partial charge < -0.3 is 14.8 Å². The molecular weight excluding hydrogens is 190 g/mol. The third kappa shape index (κ3) is 4.96. The Bertz CT molecular complexity index is 182. The summed E-state index contributed by atoms with van der Waals surface area (Å²) in [6, 6.07) is 0. The van der Waals surface area contributed by atoms with Gasteiger partial charge in [-0.2, -0.15) is 0 Å². The van der Waals surface area contributed by atoms with Gasteiger partial charge in [0.25, 0.3) is 0 Å². The quantitative estimate of drug-likeness (QED) is 0.625. The predicted octanol–water partition coefficient (Wildman–Crippen LogP) is 1.67. The maximum Gasteiger partial charge on any atom is 0.0625 e. The van der Waals surface area contributed by atoms with E-state index in [0.717, 1.165) is 31.5 Å². The predicted molar refractivity (Wildman–Crippen MR) is 62.0 cm³/mol. The Balaban J connectivity index is 2.03. The molecular formula is C12H25NO2. The highest BCUT2D eigenvalue weighted by molar-refractivity contribution is 4.91. The molecule has 0 aromatic heterocycles. The van der Waals surface area contributed by atoms with Crippen molar-refractivity contribution in [2.45, 2.75) is 32.3 Å². The van der Waals surface area contributed by atoms with Crippen LogP contribution in [0.2, 0.25) is 0 Å². The van der Waals surface area contributed by atoms with E-state index in [1.54, 1.807) is 14.2 Å². The van der Waals surface area contributed by atoms with Gasteiger partial charge in [-0.3, -0.25) is 0 Å². The zero-order valence-corrected chi connectivity index (χ0v) is 10.5. The Morgan fingerprint density at radius 2 is 2.00 bits per heavy atom. The fourth-order valence-electron chi connectivity index (χ4n) is 1.99. The third-order valence-corrected chi connectivity index (χ3v) is 3.26. The molecule has 1 aliphatic carbocycles. The average Bonchev–Trinajstić information content (AvgIpc) is 2.91. The van der Waals surface area contributed by atoms with Gasteiger partial charge in [0, 0.05) is 20.8 Å². The molecule has 0 aromatic rings. The van der Waals surface area contributed by atoms with Crippen LogP contribution in [0.1, 0.15) is 26.7 Å². The molecule has 90 valence electrons. The molecule has 1 saturated carbocycles. The lowest BCUT2D eigenvalue weighted by Crippen LogP contribution is -2.25. The van der Waals surface area contributed by atoms with Gasteiger partial charge in [-0.25, -0.2) is 0 Å². The summed E-state index contributed by atoms with van der Waals surface area (Å²) >= 11 is 0. The highest BCUT2D eigenvalue weighted by Crippen LogP contribution is 2.44. The average molecular weight is 215 g/mol. The summed E-state index contributed by atoms with van der Waals surface area (Å²) in [5.41, 5.74) is 0.0476. The van der Waals surface area contributed by atoms with Crippen molar-refractivity contribution in [2.75, 3.05) is 33.9 Å². The first-order valence-electron chi connectivity index (χ1n) is 5.84. The van der Waals surface area contributed by atoms with Gasteiger partial charge in [-0.05, 0) is 45.1 Å². The van der Waals surface area contributed by atoms with Crippen molar-refractivity contribution >= 4 is 0 Å². The molecule has 1 rings (SSSR count). The van der Waals surface area contributed by atoms with Crippen LogP contribution in [-0.4, -0.2) is 39.5 Å². The van der Waals surface area contributed by atoms with Crippen molar-refractivity contribution in [3.05, 3.63) is 0 Å². The largest absolute Gasteiger partial charge is 0.383 e. The minimum absolute atomic E-state index is 0.0476. The van der Waals surface area contributed by atoms with Gasteiger partial charge in [0.2, 0.25) is 0 Å². The highest BCUT2D eigenvalue weighted by atomic mass is 16.5. The van der Waals surface area contributed by atoms with Crippen molar-refractivity contribution in [3.8, 4) is 0 Å². The van der Waals surface area contributed by atoms with Crippen molar-refractivity contribution < 1.29 is 9.47 Å². The summed E-state index contributed by atoms with van der Waals surface area (Å²) in [5, 5.41) is 3.42. The second-order valence-electron chi connectivity index (χ2n) is 5.12. The number of methoxy groups -OCH3 is 2. The molecule has 1 N–H and O–H groups in total. The molecule has 0 aliphatic heterocycles. The number of ether oxygens (including phenoxy) is 2. The Kier molecular flexibility index (Phi) is 5.03. The van der Waals surface area contributed by atoms with Gasteiger partial charge in [-0.1, -0.05) is 0 Å². The second-order valence-corrected chi connectivity index (χ2v) is 5.12. The Morgan fingerprint density at radius 1 is 1.27 bits per heavy atom. The first-order chi connectivity index (χ1) is 7.09. The van der Waals surface area contributed by atoms with Crippen molar-refractivity contribution in [2.24, 2.45) is 11.8 Å². The van der Waals surface area contributed by atoms with Crippen LogP contribution in [0.4, 0.5) is 0 Å². The summed E-state index contributed by atoms with van der Waals surface area (Å²) in [5.74, 6) is 1.71. The van der Waals surface area contributed by atoms with Crippen molar-refractivity contribution in [3.63, 3.8) is 0 Å². The van der Waals surface area contributed by atoms with E-state index in [2.05, 4.69) is 19.2 Å². The summed E-state index contributed by atoms with van der Waals surface area (Å²) in [6.45, 7) is 7.24. The highest BCUT2D eigenvalue weighted by Gasteiger charge is 2.40. The molecule has 0 aromatic carbocycles. The monoisotopic (exact) mass is 215 g/mol. The minimum Gasteiger partial charge on any atom is -0.383 e. The van der Waals surface area contributed by atoms with E-state index < -0.39 is 0 Å². The Labute approximate surface area is 93.5 Å². The van der Waals surface area contributed by atoms with Crippen LogP contribution in [0.25, 0.3) is 0 Å². The molecule has 0 amide bonds. The van der Waals surface area contributed by atoms with Gasteiger partial charge in [0.1, 0.15) is 0 Å². The summed E-state index contributed by atoms with van der Waals surface area (Å²) < 4.78 is 10.4. The van der Waals surface area contributed by atoms with Crippen LogP contribution in [0.5, 0.6) is 0 Å². The third-order valence-electron chi connectivity index (χ3n) is 3.26. The van der Waals surface area contributed by atoms with Crippen molar-refractivity contribution in [1.29, 1.82) is 0 Å². The smallest absolute Gasteiger partial charge is 0.0625 e. The fourth-order valence-corrected chi connectivity index (χ4v) is 1.99. The molecule has 0 saturated heterocycles.